The van der Waals surface area contributed by atoms with E-state index in [4.69, 9.17) is 0 Å². The van der Waals surface area contributed by atoms with E-state index in [0.29, 0.717) is 12.2 Å². The molecule has 4 aromatic rings. The molecule has 0 aliphatic heterocycles. The van der Waals surface area contributed by atoms with E-state index >= 15 is 0 Å². The van der Waals surface area contributed by atoms with Gasteiger partial charge in [0.15, 0.2) is 0 Å². The van der Waals surface area contributed by atoms with Crippen molar-refractivity contribution >= 4 is 21.5 Å². The number of aromatic hydroxyl groups is 2. The molecule has 2 nitrogen and oxygen atoms in total. The van der Waals surface area contributed by atoms with Gasteiger partial charge in [0.25, 0.3) is 0 Å². The van der Waals surface area contributed by atoms with E-state index in [-0.39, 0.29) is 17.5 Å². The van der Waals surface area contributed by atoms with Crippen LogP contribution in [0.25, 0.3) is 21.5 Å². The monoisotopic (exact) mass is 464 g/mol. The van der Waals surface area contributed by atoms with Gasteiger partial charge in [0.2, 0.25) is 0 Å². The van der Waals surface area contributed by atoms with Crippen LogP contribution in [0.15, 0.2) is 54.6 Å². The average molecular weight is 465 g/mol. The van der Waals surface area contributed by atoms with E-state index in [1.807, 2.05) is 53.7 Å². The highest BCUT2D eigenvalue weighted by Crippen LogP contribution is 2.33. The second-order valence-corrected chi connectivity index (χ2v) is 8.10. The molecule has 0 atom stereocenters. The fourth-order valence-electron chi connectivity index (χ4n) is 4.18. The zero-order valence-electron chi connectivity index (χ0n) is 22.3. The molecule has 0 aliphatic rings. The molecule has 34 heavy (non-hydrogen) atoms. The lowest BCUT2D eigenvalue weighted by atomic mass is 9.91. The van der Waals surface area contributed by atoms with Gasteiger partial charge in [0.1, 0.15) is 17.3 Å². The molecule has 0 radical (unpaired) electrons. The van der Waals surface area contributed by atoms with Crippen molar-refractivity contribution in [1.82, 2.24) is 0 Å². The predicted octanol–water partition coefficient (Wildman–Crippen LogP) is 9.58. The lowest BCUT2D eigenvalue weighted by Gasteiger charge is -2.15. The number of benzene rings is 4. The molecule has 0 spiro atoms. The third kappa shape index (κ3) is 6.72. The van der Waals surface area contributed by atoms with Gasteiger partial charge in [-0.1, -0.05) is 72.7 Å². The Morgan fingerprint density at radius 1 is 0.735 bits per heavy atom. The van der Waals surface area contributed by atoms with E-state index in [1.165, 1.54) is 17.0 Å². The van der Waals surface area contributed by atoms with Crippen molar-refractivity contribution in [1.29, 1.82) is 0 Å². The molecule has 4 rings (SSSR count). The van der Waals surface area contributed by atoms with Gasteiger partial charge in [-0.3, -0.25) is 0 Å². The molecule has 0 aromatic heterocycles. The Morgan fingerprint density at radius 3 is 1.85 bits per heavy atom. The van der Waals surface area contributed by atoms with Crippen LogP contribution in [-0.2, 0) is 6.42 Å². The normalized spacial score (nSPS) is 10.1. The molecule has 0 fully saturated rings. The second kappa shape index (κ2) is 13.6. The highest BCUT2D eigenvalue weighted by molar-refractivity contribution is 5.91. The Kier molecular flexibility index (Phi) is 11.6. The second-order valence-electron chi connectivity index (χ2n) is 8.10. The van der Waals surface area contributed by atoms with E-state index in [2.05, 4.69) is 26.8 Å². The first kappa shape index (κ1) is 29.0. The van der Waals surface area contributed by atoms with Crippen LogP contribution in [0.4, 0.5) is 4.39 Å². The van der Waals surface area contributed by atoms with Gasteiger partial charge in [-0.15, -0.1) is 0 Å². The Hall–Kier alpha value is -3.07. The molecular weight excluding hydrogens is 423 g/mol. The highest BCUT2D eigenvalue weighted by Gasteiger charge is 2.13. The Balaban J connectivity index is 0.000000304. The zero-order valence-corrected chi connectivity index (χ0v) is 22.3. The smallest absolute Gasteiger partial charge is 0.127 e. The molecule has 0 heterocycles. The largest absolute Gasteiger partial charge is 0.508 e. The van der Waals surface area contributed by atoms with Crippen molar-refractivity contribution in [2.45, 2.75) is 74.7 Å². The van der Waals surface area contributed by atoms with Crippen molar-refractivity contribution < 1.29 is 14.6 Å². The number of phenolic OH excluding ortho intramolecular Hbond substituents is 2. The van der Waals surface area contributed by atoms with Crippen LogP contribution in [0.5, 0.6) is 11.5 Å². The van der Waals surface area contributed by atoms with Crippen LogP contribution in [-0.4, -0.2) is 10.2 Å². The molecule has 2 N–H and O–H groups in total. The first-order valence-corrected chi connectivity index (χ1v) is 12.4. The molecule has 0 amide bonds. The van der Waals surface area contributed by atoms with Gasteiger partial charge >= 0.3 is 0 Å². The van der Waals surface area contributed by atoms with Crippen LogP contribution < -0.4 is 0 Å². The summed E-state index contributed by atoms with van der Waals surface area (Å²) in [6.45, 7) is 18.2. The Morgan fingerprint density at radius 2 is 1.29 bits per heavy atom. The predicted molar refractivity (Wildman–Crippen MR) is 147 cm³/mol. The topological polar surface area (TPSA) is 40.5 Å². The number of phenols is 2. The highest BCUT2D eigenvalue weighted by atomic mass is 19.1. The molecule has 0 saturated carbocycles. The average Bonchev–Trinajstić information content (AvgIpc) is 2.81. The first-order chi connectivity index (χ1) is 16.2. The van der Waals surface area contributed by atoms with Gasteiger partial charge in [0.05, 0.1) is 0 Å². The first-order valence-electron chi connectivity index (χ1n) is 12.4. The van der Waals surface area contributed by atoms with Crippen molar-refractivity contribution in [2.75, 3.05) is 0 Å². The number of rotatable bonds is 2. The maximum atomic E-state index is 13.8. The minimum atomic E-state index is -0.160. The minimum absolute atomic E-state index is 0.160. The summed E-state index contributed by atoms with van der Waals surface area (Å²) in [4.78, 5) is 0. The summed E-state index contributed by atoms with van der Waals surface area (Å²) < 4.78 is 13.8. The van der Waals surface area contributed by atoms with Crippen molar-refractivity contribution in [3.63, 3.8) is 0 Å². The molecule has 0 saturated heterocycles. The summed E-state index contributed by atoms with van der Waals surface area (Å²) in [5.74, 6) is 0.690. The quantitative estimate of drug-likeness (QED) is 0.310. The fraction of sp³-hybridized carbons (Fsp3) is 0.355. The SMILES string of the molecule is CC.CC.CCc1c(F)ccc2cc(O)cc(C(C)C)c12.Cc1cccc2cc(O)cc(C)c12. The fourth-order valence-corrected chi connectivity index (χ4v) is 4.18. The molecule has 3 heteroatoms. The van der Waals surface area contributed by atoms with Gasteiger partial charge in [-0.25, -0.2) is 4.39 Å². The summed E-state index contributed by atoms with van der Waals surface area (Å²) >= 11 is 0. The minimum Gasteiger partial charge on any atom is -0.508 e. The molecular formula is C31H41FO2. The molecule has 0 unspecified atom stereocenters. The van der Waals surface area contributed by atoms with Crippen molar-refractivity contribution in [3.05, 3.63) is 82.7 Å². The van der Waals surface area contributed by atoms with Crippen LogP contribution in [0, 0.1) is 19.7 Å². The summed E-state index contributed by atoms with van der Waals surface area (Å²) in [5, 5.41) is 23.3. The number of fused-ring (bicyclic) bond motifs is 2. The van der Waals surface area contributed by atoms with Gasteiger partial charge in [-0.2, -0.15) is 0 Å². The van der Waals surface area contributed by atoms with Crippen LogP contribution >= 0.6 is 0 Å². The van der Waals surface area contributed by atoms with E-state index in [0.717, 1.165) is 32.8 Å². The van der Waals surface area contributed by atoms with Crippen molar-refractivity contribution in [3.8, 4) is 11.5 Å². The Bertz CT molecular complexity index is 1210. The van der Waals surface area contributed by atoms with Gasteiger partial charge in [-0.05, 0) is 100 Å². The van der Waals surface area contributed by atoms with Crippen LogP contribution in [0.3, 0.4) is 0 Å². The van der Waals surface area contributed by atoms with Gasteiger partial charge < -0.3 is 10.2 Å². The molecule has 0 bridgehead atoms. The summed E-state index contributed by atoms with van der Waals surface area (Å²) in [5.41, 5.74) is 4.14. The number of hydrogen-bond acceptors (Lipinski definition) is 2. The zero-order chi connectivity index (χ0) is 26.0. The maximum absolute atomic E-state index is 13.8. The molecule has 184 valence electrons. The van der Waals surface area contributed by atoms with E-state index in [9.17, 15) is 14.6 Å². The lowest BCUT2D eigenvalue weighted by Crippen LogP contribution is -1.96. The Labute approximate surface area is 205 Å². The third-order valence-corrected chi connectivity index (χ3v) is 5.53. The standard InChI is InChI=1S/C15H17FO.C12H12O.2C2H6/c1-4-12-14(16)6-5-10-7-11(17)8-13(9(2)3)15(10)12;1-8-4-3-5-10-7-11(13)6-9(2)12(8)10;2*1-2/h5-9,17H,4H2,1-3H3;3-7,13H,1-2H3;2*1-2H3. The molecule has 0 aliphatic carbocycles. The lowest BCUT2D eigenvalue weighted by molar-refractivity contribution is 0.474. The number of hydrogen-bond donors (Lipinski definition) is 2. The van der Waals surface area contributed by atoms with Gasteiger partial charge in [0, 0.05) is 0 Å². The van der Waals surface area contributed by atoms with E-state index < -0.39 is 0 Å². The molecule has 4 aromatic carbocycles. The summed E-state index contributed by atoms with van der Waals surface area (Å²) in [7, 11) is 0. The summed E-state index contributed by atoms with van der Waals surface area (Å²) in [6, 6.07) is 16.4. The van der Waals surface area contributed by atoms with Crippen molar-refractivity contribution in [2.24, 2.45) is 0 Å². The summed E-state index contributed by atoms with van der Waals surface area (Å²) in [6.07, 6.45) is 0.660. The van der Waals surface area contributed by atoms with E-state index in [1.54, 1.807) is 30.3 Å². The van der Waals surface area contributed by atoms with Crippen LogP contribution in [0.1, 0.15) is 76.6 Å². The number of halogens is 1. The number of aryl methyl sites for hydroxylation is 3. The van der Waals surface area contributed by atoms with Crippen LogP contribution in [0.2, 0.25) is 0 Å². The third-order valence-electron chi connectivity index (χ3n) is 5.53. The maximum Gasteiger partial charge on any atom is 0.127 e.